The third-order valence-corrected chi connectivity index (χ3v) is 2.79. The van der Waals surface area contributed by atoms with E-state index in [0.717, 1.165) is 10.9 Å². The standard InChI is InChI=1S/C12H9N3O3/c1-15-8-5-3-2-4-7(8)6-9(15)11-13-10(12(16)17)14-18-11/h2-6H,1H3,(H,16,17). The number of hydrogen-bond acceptors (Lipinski definition) is 4. The minimum absolute atomic E-state index is 0.200. The van der Waals surface area contributed by atoms with E-state index in [2.05, 4.69) is 10.1 Å². The fraction of sp³-hybridized carbons (Fsp3) is 0.0833. The van der Waals surface area contributed by atoms with Crippen LogP contribution in [0.15, 0.2) is 34.9 Å². The van der Waals surface area contributed by atoms with Crippen molar-refractivity contribution in [2.45, 2.75) is 0 Å². The molecule has 3 rings (SSSR count). The van der Waals surface area contributed by atoms with Crippen LogP contribution in [0, 0.1) is 0 Å². The minimum atomic E-state index is -1.20. The maximum atomic E-state index is 10.7. The van der Waals surface area contributed by atoms with Crippen LogP contribution in [-0.2, 0) is 7.05 Å². The van der Waals surface area contributed by atoms with Gasteiger partial charge in [0.1, 0.15) is 5.69 Å². The smallest absolute Gasteiger partial charge is 0.377 e. The number of hydrogen-bond donors (Lipinski definition) is 1. The monoisotopic (exact) mass is 243 g/mol. The van der Waals surface area contributed by atoms with Crippen LogP contribution in [0.4, 0.5) is 0 Å². The third kappa shape index (κ3) is 1.46. The number of para-hydroxylation sites is 1. The number of fused-ring (bicyclic) bond motifs is 1. The predicted molar refractivity (Wildman–Crippen MR) is 63.2 cm³/mol. The van der Waals surface area contributed by atoms with Crippen LogP contribution in [0.3, 0.4) is 0 Å². The molecule has 0 radical (unpaired) electrons. The van der Waals surface area contributed by atoms with Crippen molar-refractivity contribution in [3.05, 3.63) is 36.2 Å². The Balaban J connectivity index is 2.18. The highest BCUT2D eigenvalue weighted by Crippen LogP contribution is 2.25. The van der Waals surface area contributed by atoms with Crippen molar-refractivity contribution in [3.63, 3.8) is 0 Å². The second-order valence-electron chi connectivity index (χ2n) is 3.88. The molecule has 1 aromatic carbocycles. The van der Waals surface area contributed by atoms with Gasteiger partial charge in [0.05, 0.1) is 0 Å². The summed E-state index contributed by atoms with van der Waals surface area (Å²) in [4.78, 5) is 14.5. The molecule has 2 aromatic heterocycles. The summed E-state index contributed by atoms with van der Waals surface area (Å²) in [7, 11) is 1.86. The summed E-state index contributed by atoms with van der Waals surface area (Å²) in [6, 6.07) is 9.68. The number of rotatable bonds is 2. The number of carboxylic acid groups (broad SMARTS) is 1. The number of aromatic carboxylic acids is 1. The molecule has 0 bridgehead atoms. The molecule has 3 aromatic rings. The average Bonchev–Trinajstić information content (AvgIpc) is 2.95. The molecule has 0 aliphatic rings. The molecular formula is C12H9N3O3. The van der Waals surface area contributed by atoms with Gasteiger partial charge in [0.15, 0.2) is 0 Å². The second kappa shape index (κ2) is 3.69. The van der Waals surface area contributed by atoms with Crippen LogP contribution in [0.1, 0.15) is 10.6 Å². The zero-order chi connectivity index (χ0) is 12.7. The first kappa shape index (κ1) is 10.5. The Morgan fingerprint density at radius 2 is 2.17 bits per heavy atom. The molecule has 0 aliphatic heterocycles. The fourth-order valence-corrected chi connectivity index (χ4v) is 1.91. The van der Waals surface area contributed by atoms with Gasteiger partial charge >= 0.3 is 5.97 Å². The lowest BCUT2D eigenvalue weighted by molar-refractivity contribution is 0.0680. The van der Waals surface area contributed by atoms with E-state index in [1.54, 1.807) is 0 Å². The van der Waals surface area contributed by atoms with E-state index in [1.165, 1.54) is 0 Å². The van der Waals surface area contributed by atoms with Gasteiger partial charge in [-0.25, -0.2) is 4.79 Å². The summed E-state index contributed by atoms with van der Waals surface area (Å²) in [5.74, 6) is -1.34. The van der Waals surface area contributed by atoms with E-state index >= 15 is 0 Å². The highest BCUT2D eigenvalue weighted by atomic mass is 16.5. The largest absolute Gasteiger partial charge is 0.475 e. The molecule has 1 N–H and O–H groups in total. The van der Waals surface area contributed by atoms with E-state index in [4.69, 9.17) is 9.63 Å². The first-order valence-corrected chi connectivity index (χ1v) is 5.28. The van der Waals surface area contributed by atoms with E-state index in [9.17, 15) is 4.79 Å². The lowest BCUT2D eigenvalue weighted by Gasteiger charge is -1.98. The highest BCUT2D eigenvalue weighted by molar-refractivity contribution is 5.86. The van der Waals surface area contributed by atoms with Gasteiger partial charge in [-0.2, -0.15) is 4.98 Å². The van der Waals surface area contributed by atoms with Crippen LogP contribution in [0.5, 0.6) is 0 Å². The lowest BCUT2D eigenvalue weighted by atomic mass is 10.2. The molecule has 0 fully saturated rings. The predicted octanol–water partition coefficient (Wildman–Crippen LogP) is 1.93. The van der Waals surface area contributed by atoms with E-state index < -0.39 is 5.97 Å². The molecule has 0 atom stereocenters. The number of aryl methyl sites for hydroxylation is 1. The number of aromatic nitrogens is 3. The number of benzene rings is 1. The Morgan fingerprint density at radius 1 is 1.39 bits per heavy atom. The molecule has 18 heavy (non-hydrogen) atoms. The molecule has 6 heteroatoms. The Bertz CT molecular complexity index is 742. The van der Waals surface area contributed by atoms with Crippen LogP contribution in [-0.4, -0.2) is 25.8 Å². The Labute approximate surface area is 101 Å². The van der Waals surface area contributed by atoms with E-state index in [1.807, 2.05) is 41.9 Å². The quantitative estimate of drug-likeness (QED) is 0.743. The Morgan fingerprint density at radius 3 is 2.83 bits per heavy atom. The normalized spacial score (nSPS) is 10.9. The first-order chi connectivity index (χ1) is 8.66. The van der Waals surface area contributed by atoms with Crippen molar-refractivity contribution < 1.29 is 14.4 Å². The Kier molecular flexibility index (Phi) is 2.16. The van der Waals surface area contributed by atoms with Gasteiger partial charge in [0, 0.05) is 18.0 Å². The van der Waals surface area contributed by atoms with Crippen LogP contribution in [0.25, 0.3) is 22.5 Å². The summed E-state index contributed by atoms with van der Waals surface area (Å²) in [6.07, 6.45) is 0. The summed E-state index contributed by atoms with van der Waals surface area (Å²) in [5, 5.41) is 13.2. The molecule has 2 heterocycles. The Hall–Kier alpha value is -2.63. The second-order valence-corrected chi connectivity index (χ2v) is 3.88. The lowest BCUT2D eigenvalue weighted by Crippen LogP contribution is -1.98. The molecule has 0 aliphatic carbocycles. The van der Waals surface area contributed by atoms with Gasteiger partial charge in [-0.05, 0) is 17.3 Å². The fourth-order valence-electron chi connectivity index (χ4n) is 1.91. The van der Waals surface area contributed by atoms with Crippen molar-refractivity contribution in [2.24, 2.45) is 7.05 Å². The number of carboxylic acids is 1. The molecule has 0 unspecified atom stereocenters. The van der Waals surface area contributed by atoms with Crippen molar-refractivity contribution in [1.29, 1.82) is 0 Å². The maximum Gasteiger partial charge on any atom is 0.377 e. The molecule has 0 saturated heterocycles. The van der Waals surface area contributed by atoms with Gasteiger partial charge < -0.3 is 14.2 Å². The van der Waals surface area contributed by atoms with Gasteiger partial charge in [-0.15, -0.1) is 0 Å². The molecular weight excluding hydrogens is 234 g/mol. The third-order valence-electron chi connectivity index (χ3n) is 2.79. The van der Waals surface area contributed by atoms with Crippen LogP contribution < -0.4 is 0 Å². The molecule has 0 saturated carbocycles. The molecule has 90 valence electrons. The van der Waals surface area contributed by atoms with Crippen molar-refractivity contribution in [2.75, 3.05) is 0 Å². The van der Waals surface area contributed by atoms with E-state index in [0.29, 0.717) is 5.69 Å². The SMILES string of the molecule is Cn1c(-c2nc(C(=O)O)no2)cc2ccccc21. The van der Waals surface area contributed by atoms with Gasteiger partial charge in [0.25, 0.3) is 11.7 Å². The van der Waals surface area contributed by atoms with Gasteiger partial charge in [0.2, 0.25) is 0 Å². The minimum Gasteiger partial charge on any atom is -0.475 e. The zero-order valence-corrected chi connectivity index (χ0v) is 9.49. The van der Waals surface area contributed by atoms with Gasteiger partial charge in [-0.1, -0.05) is 18.2 Å². The topological polar surface area (TPSA) is 81.2 Å². The zero-order valence-electron chi connectivity index (χ0n) is 9.49. The molecule has 6 nitrogen and oxygen atoms in total. The highest BCUT2D eigenvalue weighted by Gasteiger charge is 2.17. The van der Waals surface area contributed by atoms with Crippen molar-refractivity contribution in [1.82, 2.24) is 14.7 Å². The summed E-state index contributed by atoms with van der Waals surface area (Å²) < 4.78 is 6.84. The van der Waals surface area contributed by atoms with Crippen LogP contribution >= 0.6 is 0 Å². The first-order valence-electron chi connectivity index (χ1n) is 5.28. The average molecular weight is 243 g/mol. The number of nitrogens with zero attached hydrogens (tertiary/aromatic N) is 3. The van der Waals surface area contributed by atoms with Crippen molar-refractivity contribution in [3.8, 4) is 11.6 Å². The summed E-state index contributed by atoms with van der Waals surface area (Å²) in [6.45, 7) is 0. The molecule has 0 amide bonds. The number of carbonyl (C=O) groups is 1. The van der Waals surface area contributed by atoms with Crippen LogP contribution in [0.2, 0.25) is 0 Å². The van der Waals surface area contributed by atoms with Crippen molar-refractivity contribution >= 4 is 16.9 Å². The maximum absolute atomic E-state index is 10.7. The summed E-state index contributed by atoms with van der Waals surface area (Å²) >= 11 is 0. The van der Waals surface area contributed by atoms with E-state index in [-0.39, 0.29) is 11.7 Å². The molecule has 0 spiro atoms. The summed E-state index contributed by atoms with van der Waals surface area (Å²) in [5.41, 5.74) is 1.71. The van der Waals surface area contributed by atoms with Gasteiger partial charge in [-0.3, -0.25) is 0 Å².